The molecule has 0 heterocycles. The number of rotatable bonds is 8. The largest absolute Gasteiger partial charge is 0.493 e. The fourth-order valence-electron chi connectivity index (χ4n) is 2.20. The first-order chi connectivity index (χ1) is 13.3. The fourth-order valence-corrected chi connectivity index (χ4v) is 2.38. The van der Waals surface area contributed by atoms with E-state index >= 15 is 0 Å². The van der Waals surface area contributed by atoms with Crippen molar-refractivity contribution in [1.82, 2.24) is 5.32 Å². The number of carbonyl (C=O) groups excluding carboxylic acids is 2. The molecule has 0 atom stereocenters. The van der Waals surface area contributed by atoms with Gasteiger partial charge in [-0.1, -0.05) is 17.7 Å². The number of alkyl halides is 2. The molecule has 0 aliphatic rings. The van der Waals surface area contributed by atoms with Crippen LogP contribution in [0.4, 0.5) is 14.5 Å². The van der Waals surface area contributed by atoms with Gasteiger partial charge in [-0.15, -0.1) is 0 Å². The fraction of sp³-hybridized carbons (Fsp3) is 0.222. The van der Waals surface area contributed by atoms with Crippen molar-refractivity contribution in [2.45, 2.75) is 13.2 Å². The molecule has 0 saturated heterocycles. The number of hydrogen-bond donors (Lipinski definition) is 2. The van der Waals surface area contributed by atoms with Crippen molar-refractivity contribution in [1.29, 1.82) is 0 Å². The number of ether oxygens (including phenoxy) is 3. The molecule has 10 heteroatoms. The number of hydrogen-bond acceptors (Lipinski definition) is 6. The van der Waals surface area contributed by atoms with Gasteiger partial charge in [0, 0.05) is 17.3 Å². The number of halogens is 3. The minimum Gasteiger partial charge on any atom is -0.493 e. The maximum Gasteiger partial charge on any atom is 0.387 e. The number of esters is 1. The lowest BCUT2D eigenvalue weighted by Crippen LogP contribution is -2.28. The van der Waals surface area contributed by atoms with Crippen LogP contribution in [0.5, 0.6) is 11.5 Å². The number of amides is 1. The highest BCUT2D eigenvalue weighted by Gasteiger charge is 2.14. The Hall–Kier alpha value is -3.07. The second-order valence-electron chi connectivity index (χ2n) is 5.45. The first-order valence-corrected chi connectivity index (χ1v) is 8.28. The van der Waals surface area contributed by atoms with Crippen LogP contribution in [0.25, 0.3) is 0 Å². The van der Waals surface area contributed by atoms with Crippen LogP contribution in [0.2, 0.25) is 5.02 Å². The molecule has 3 N–H and O–H groups in total. The van der Waals surface area contributed by atoms with Gasteiger partial charge < -0.3 is 25.3 Å². The molecule has 0 aliphatic carbocycles. The minimum atomic E-state index is -2.98. The third-order valence-electron chi connectivity index (χ3n) is 3.50. The maximum absolute atomic E-state index is 12.3. The molecular formula is C18H17ClF2N2O5. The maximum atomic E-state index is 12.3. The predicted octanol–water partition coefficient (Wildman–Crippen LogP) is 3.01. The van der Waals surface area contributed by atoms with E-state index in [9.17, 15) is 18.4 Å². The summed E-state index contributed by atoms with van der Waals surface area (Å²) >= 11 is 5.75. The number of nitrogens with one attached hydrogen (secondary N) is 1. The van der Waals surface area contributed by atoms with Gasteiger partial charge in [-0.3, -0.25) is 4.79 Å². The summed E-state index contributed by atoms with van der Waals surface area (Å²) in [4.78, 5) is 23.8. The standard InChI is InChI=1S/C18H17ClF2N2O5/c1-26-15-6-10(2-5-14(15)28-18(20)21)8-23-16(24)9-27-17(25)12-4-3-11(19)7-13(12)22/h2-7,18H,8-9,22H2,1H3,(H,23,24). The summed E-state index contributed by atoms with van der Waals surface area (Å²) < 4.78 is 38.8. The molecule has 28 heavy (non-hydrogen) atoms. The van der Waals surface area contributed by atoms with E-state index in [0.717, 1.165) is 0 Å². The summed E-state index contributed by atoms with van der Waals surface area (Å²) in [6.45, 7) is -3.45. The van der Waals surface area contributed by atoms with Crippen molar-refractivity contribution >= 4 is 29.2 Å². The summed E-state index contributed by atoms with van der Waals surface area (Å²) in [6.07, 6.45) is 0. The van der Waals surface area contributed by atoms with Crippen LogP contribution in [0.15, 0.2) is 36.4 Å². The predicted molar refractivity (Wildman–Crippen MR) is 97.6 cm³/mol. The topological polar surface area (TPSA) is 99.9 Å². The van der Waals surface area contributed by atoms with Crippen LogP contribution >= 0.6 is 11.6 Å². The molecule has 7 nitrogen and oxygen atoms in total. The van der Waals surface area contributed by atoms with Crippen molar-refractivity contribution < 1.29 is 32.6 Å². The van der Waals surface area contributed by atoms with Gasteiger partial charge in [-0.05, 0) is 35.9 Å². The second kappa shape index (κ2) is 9.75. The Bertz CT molecular complexity index is 864. The first kappa shape index (κ1) is 21.2. The van der Waals surface area contributed by atoms with Gasteiger partial charge in [0.1, 0.15) is 0 Å². The summed E-state index contributed by atoms with van der Waals surface area (Å²) in [7, 11) is 1.30. The quantitative estimate of drug-likeness (QED) is 0.509. The molecule has 1 amide bonds. The van der Waals surface area contributed by atoms with Gasteiger partial charge in [-0.25, -0.2) is 4.79 Å². The lowest BCUT2D eigenvalue weighted by atomic mass is 10.2. The lowest BCUT2D eigenvalue weighted by molar-refractivity contribution is -0.124. The second-order valence-corrected chi connectivity index (χ2v) is 5.88. The monoisotopic (exact) mass is 414 g/mol. The number of carbonyl (C=O) groups is 2. The van der Waals surface area contributed by atoms with Crippen LogP contribution in [-0.4, -0.2) is 32.2 Å². The van der Waals surface area contributed by atoms with Gasteiger partial charge in [0.2, 0.25) is 0 Å². The zero-order valence-corrected chi connectivity index (χ0v) is 15.5. The molecule has 0 spiro atoms. The number of nitrogens with two attached hydrogens (primary N) is 1. The van der Waals surface area contributed by atoms with Gasteiger partial charge in [0.05, 0.1) is 12.7 Å². The highest BCUT2D eigenvalue weighted by Crippen LogP contribution is 2.29. The van der Waals surface area contributed by atoms with Crippen LogP contribution in [0.3, 0.4) is 0 Å². The Labute approximate surface area is 164 Å². The Balaban J connectivity index is 1.87. The molecule has 0 bridgehead atoms. The van der Waals surface area contributed by atoms with Gasteiger partial charge >= 0.3 is 12.6 Å². The number of benzene rings is 2. The summed E-state index contributed by atoms with van der Waals surface area (Å²) in [5, 5.41) is 2.90. The smallest absolute Gasteiger partial charge is 0.387 e. The summed E-state index contributed by atoms with van der Waals surface area (Å²) in [6, 6.07) is 8.50. The van der Waals surface area contributed by atoms with Crippen molar-refractivity contribution in [3.05, 3.63) is 52.5 Å². The van der Waals surface area contributed by atoms with Crippen LogP contribution < -0.4 is 20.5 Å². The highest BCUT2D eigenvalue weighted by molar-refractivity contribution is 6.31. The summed E-state index contributed by atoms with van der Waals surface area (Å²) in [5.74, 6) is -1.36. The zero-order valence-electron chi connectivity index (χ0n) is 14.7. The number of methoxy groups -OCH3 is 1. The van der Waals surface area contributed by atoms with Crippen LogP contribution in [-0.2, 0) is 16.1 Å². The normalized spacial score (nSPS) is 10.5. The number of anilines is 1. The van der Waals surface area contributed by atoms with Crippen molar-refractivity contribution in [3.8, 4) is 11.5 Å². The van der Waals surface area contributed by atoms with Gasteiger partial charge in [0.15, 0.2) is 18.1 Å². The van der Waals surface area contributed by atoms with Crippen LogP contribution in [0, 0.1) is 0 Å². The van der Waals surface area contributed by atoms with E-state index in [0.29, 0.717) is 10.6 Å². The molecule has 150 valence electrons. The Morgan fingerprint density at radius 2 is 1.93 bits per heavy atom. The van der Waals surface area contributed by atoms with E-state index in [2.05, 4.69) is 10.1 Å². The SMILES string of the molecule is COc1cc(CNC(=O)COC(=O)c2ccc(Cl)cc2N)ccc1OC(F)F. The summed E-state index contributed by atoms with van der Waals surface area (Å²) in [5.41, 5.74) is 6.48. The molecule has 0 aromatic heterocycles. The van der Waals surface area contributed by atoms with E-state index in [4.69, 9.17) is 26.8 Å². The first-order valence-electron chi connectivity index (χ1n) is 7.90. The van der Waals surface area contributed by atoms with Gasteiger partial charge in [0.25, 0.3) is 5.91 Å². The Morgan fingerprint density at radius 1 is 1.18 bits per heavy atom. The molecule has 0 fully saturated rings. The van der Waals surface area contributed by atoms with E-state index in [1.165, 1.54) is 43.5 Å². The van der Waals surface area contributed by atoms with E-state index < -0.39 is 25.1 Å². The number of nitrogen functional groups attached to an aromatic ring is 1. The van der Waals surface area contributed by atoms with Crippen LogP contribution in [0.1, 0.15) is 15.9 Å². The average molecular weight is 415 g/mol. The average Bonchev–Trinajstić information content (AvgIpc) is 2.64. The zero-order chi connectivity index (χ0) is 20.7. The highest BCUT2D eigenvalue weighted by atomic mass is 35.5. The Morgan fingerprint density at radius 3 is 2.57 bits per heavy atom. The Kier molecular flexibility index (Phi) is 7.39. The molecular weight excluding hydrogens is 398 g/mol. The molecule has 2 aromatic carbocycles. The molecule has 0 aliphatic heterocycles. The molecule has 0 radical (unpaired) electrons. The third kappa shape index (κ3) is 5.98. The molecule has 0 saturated carbocycles. The molecule has 0 unspecified atom stereocenters. The van der Waals surface area contributed by atoms with Gasteiger partial charge in [-0.2, -0.15) is 8.78 Å². The van der Waals surface area contributed by atoms with Crippen molar-refractivity contribution in [2.24, 2.45) is 0 Å². The molecule has 2 aromatic rings. The van der Waals surface area contributed by atoms with E-state index in [1.54, 1.807) is 0 Å². The lowest BCUT2D eigenvalue weighted by Gasteiger charge is -2.12. The van der Waals surface area contributed by atoms with Crippen molar-refractivity contribution in [2.75, 3.05) is 19.5 Å². The third-order valence-corrected chi connectivity index (χ3v) is 3.74. The van der Waals surface area contributed by atoms with E-state index in [-0.39, 0.29) is 29.3 Å². The van der Waals surface area contributed by atoms with Crippen molar-refractivity contribution in [3.63, 3.8) is 0 Å². The van der Waals surface area contributed by atoms with E-state index in [1.807, 2.05) is 0 Å². The molecule has 2 rings (SSSR count). The minimum absolute atomic E-state index is 0.0603.